The number of sulfonamides is 1. The van der Waals surface area contributed by atoms with Crippen LogP contribution in [0, 0.1) is 0 Å². The molecule has 0 saturated heterocycles. The van der Waals surface area contributed by atoms with Crippen LogP contribution >= 0.6 is 0 Å². The number of aromatic amines is 1. The first-order valence-corrected chi connectivity index (χ1v) is 9.80. The minimum absolute atomic E-state index is 0.0358. The summed E-state index contributed by atoms with van der Waals surface area (Å²) in [5.41, 5.74) is 2.89. The van der Waals surface area contributed by atoms with E-state index in [2.05, 4.69) is 14.9 Å². The third-order valence-corrected chi connectivity index (χ3v) is 5.95. The zero-order valence-corrected chi connectivity index (χ0v) is 15.0. The summed E-state index contributed by atoms with van der Waals surface area (Å²) in [5, 5.41) is 7.47. The first kappa shape index (κ1) is 16.6. The number of aromatic nitrogens is 2. The molecule has 3 aromatic rings. The number of hydrogen-bond donors (Lipinski definition) is 2. The molecule has 0 atom stereocenters. The topological polar surface area (TPSA) is 95.2 Å². The van der Waals surface area contributed by atoms with Gasteiger partial charge in [-0.05, 0) is 48.7 Å². The fourth-order valence-corrected chi connectivity index (χ4v) is 4.46. The van der Waals surface area contributed by atoms with Crippen LogP contribution in [0.25, 0.3) is 10.9 Å². The second kappa shape index (κ2) is 6.14. The third kappa shape index (κ3) is 2.82. The maximum Gasteiger partial charge on any atom is 0.261 e. The molecule has 0 saturated carbocycles. The average Bonchev–Trinajstić information content (AvgIpc) is 3.10. The Labute approximate surface area is 151 Å². The highest BCUT2D eigenvalue weighted by atomic mass is 32.2. The summed E-state index contributed by atoms with van der Waals surface area (Å²) in [6, 6.07) is 10.2. The van der Waals surface area contributed by atoms with E-state index in [-0.39, 0.29) is 10.8 Å². The predicted molar refractivity (Wildman–Crippen MR) is 99.7 cm³/mol. The van der Waals surface area contributed by atoms with E-state index in [0.29, 0.717) is 17.6 Å². The number of anilines is 2. The fourth-order valence-electron chi connectivity index (χ4n) is 3.33. The van der Waals surface area contributed by atoms with Crippen molar-refractivity contribution in [3.8, 4) is 0 Å². The standard InChI is InChI=1S/C18H18N4O3S/c1-12(23)22-9-3-4-13-10-14(7-8-18(13)22)26(24,25)21-17-6-2-5-16-15(17)11-19-20-16/h2,5-8,10-11,21H,3-4,9H2,1H3,(H,19,20). The first-order chi connectivity index (χ1) is 12.5. The Morgan fingerprint density at radius 3 is 2.92 bits per heavy atom. The molecule has 0 radical (unpaired) electrons. The summed E-state index contributed by atoms with van der Waals surface area (Å²) in [6.07, 6.45) is 3.16. The van der Waals surface area contributed by atoms with Gasteiger partial charge in [-0.25, -0.2) is 8.42 Å². The molecule has 7 nitrogen and oxygen atoms in total. The van der Waals surface area contributed by atoms with Gasteiger partial charge >= 0.3 is 0 Å². The Hall–Kier alpha value is -2.87. The van der Waals surface area contributed by atoms with Crippen molar-refractivity contribution in [2.24, 2.45) is 0 Å². The van der Waals surface area contributed by atoms with Crippen LogP contribution in [-0.2, 0) is 21.2 Å². The number of H-pyrrole nitrogens is 1. The van der Waals surface area contributed by atoms with Gasteiger partial charge in [0.2, 0.25) is 5.91 Å². The lowest BCUT2D eigenvalue weighted by Gasteiger charge is -2.28. The van der Waals surface area contributed by atoms with Crippen molar-refractivity contribution in [1.29, 1.82) is 0 Å². The fraction of sp³-hybridized carbons (Fsp3) is 0.222. The number of nitrogens with zero attached hydrogens (tertiary/aromatic N) is 2. The van der Waals surface area contributed by atoms with Gasteiger partial charge in [0.15, 0.2) is 0 Å². The van der Waals surface area contributed by atoms with Crippen LogP contribution in [0.1, 0.15) is 18.9 Å². The van der Waals surface area contributed by atoms with Gasteiger partial charge in [-0.2, -0.15) is 5.10 Å². The maximum atomic E-state index is 12.8. The Balaban J connectivity index is 1.70. The number of fused-ring (bicyclic) bond motifs is 2. The van der Waals surface area contributed by atoms with E-state index in [1.165, 1.54) is 13.0 Å². The lowest BCUT2D eigenvalue weighted by molar-refractivity contribution is -0.116. The highest BCUT2D eigenvalue weighted by Crippen LogP contribution is 2.31. The Kier molecular flexibility index (Phi) is 3.91. The van der Waals surface area contributed by atoms with E-state index in [1.54, 1.807) is 35.4 Å². The number of amides is 1. The van der Waals surface area contributed by atoms with Gasteiger partial charge in [0, 0.05) is 24.5 Å². The molecule has 2 aromatic carbocycles. The molecule has 0 spiro atoms. The Bertz CT molecular complexity index is 1100. The molecule has 26 heavy (non-hydrogen) atoms. The quantitative estimate of drug-likeness (QED) is 0.741. The van der Waals surface area contributed by atoms with E-state index in [1.807, 2.05) is 6.07 Å². The number of rotatable bonds is 3. The summed E-state index contributed by atoms with van der Waals surface area (Å²) in [7, 11) is -3.75. The van der Waals surface area contributed by atoms with Crippen LogP contribution in [0.4, 0.5) is 11.4 Å². The normalized spacial score (nSPS) is 14.3. The molecule has 1 aliphatic rings. The van der Waals surface area contributed by atoms with E-state index in [4.69, 9.17) is 0 Å². The van der Waals surface area contributed by atoms with Gasteiger partial charge in [-0.1, -0.05) is 6.07 Å². The zero-order chi connectivity index (χ0) is 18.3. The van der Waals surface area contributed by atoms with Crippen molar-refractivity contribution in [2.45, 2.75) is 24.7 Å². The highest BCUT2D eigenvalue weighted by Gasteiger charge is 2.23. The molecule has 0 fully saturated rings. The lowest BCUT2D eigenvalue weighted by atomic mass is 10.0. The molecule has 2 N–H and O–H groups in total. The van der Waals surface area contributed by atoms with E-state index < -0.39 is 10.0 Å². The van der Waals surface area contributed by atoms with E-state index in [0.717, 1.165) is 29.6 Å². The molecule has 1 aromatic heterocycles. The predicted octanol–water partition coefficient (Wildman–Crippen LogP) is 2.66. The van der Waals surface area contributed by atoms with Crippen LogP contribution in [0.15, 0.2) is 47.5 Å². The molecule has 8 heteroatoms. The molecule has 134 valence electrons. The molecular formula is C18H18N4O3S. The number of carbonyl (C=O) groups excluding carboxylic acids is 1. The minimum atomic E-state index is -3.75. The summed E-state index contributed by atoms with van der Waals surface area (Å²) in [6.45, 7) is 2.18. The summed E-state index contributed by atoms with van der Waals surface area (Å²) >= 11 is 0. The number of carbonyl (C=O) groups is 1. The molecule has 1 aliphatic heterocycles. The number of nitrogens with one attached hydrogen (secondary N) is 2. The molecule has 2 heterocycles. The van der Waals surface area contributed by atoms with Gasteiger partial charge in [-0.15, -0.1) is 0 Å². The van der Waals surface area contributed by atoms with Crippen molar-refractivity contribution >= 4 is 38.2 Å². The molecule has 4 rings (SSSR count). The van der Waals surface area contributed by atoms with Crippen molar-refractivity contribution < 1.29 is 13.2 Å². The molecule has 0 bridgehead atoms. The van der Waals surface area contributed by atoms with Crippen LogP contribution < -0.4 is 9.62 Å². The maximum absolute atomic E-state index is 12.8. The van der Waals surface area contributed by atoms with Gasteiger partial charge in [0.05, 0.1) is 22.3 Å². The van der Waals surface area contributed by atoms with Crippen LogP contribution in [-0.4, -0.2) is 31.1 Å². The lowest BCUT2D eigenvalue weighted by Crippen LogP contribution is -2.33. The summed E-state index contributed by atoms with van der Waals surface area (Å²) < 4.78 is 28.3. The van der Waals surface area contributed by atoms with Crippen LogP contribution in [0.3, 0.4) is 0 Å². The Morgan fingerprint density at radius 2 is 2.12 bits per heavy atom. The highest BCUT2D eigenvalue weighted by molar-refractivity contribution is 7.92. The SMILES string of the molecule is CC(=O)N1CCCc2cc(S(=O)(=O)Nc3cccc4[nH]ncc34)ccc21. The largest absolute Gasteiger partial charge is 0.312 e. The second-order valence-electron chi connectivity index (χ2n) is 6.31. The summed E-state index contributed by atoms with van der Waals surface area (Å²) in [4.78, 5) is 13.6. The van der Waals surface area contributed by atoms with Crippen molar-refractivity contribution in [3.05, 3.63) is 48.2 Å². The third-order valence-electron chi connectivity index (χ3n) is 4.59. The van der Waals surface area contributed by atoms with Gasteiger partial charge < -0.3 is 4.90 Å². The summed E-state index contributed by atoms with van der Waals surface area (Å²) in [5.74, 6) is -0.0358. The van der Waals surface area contributed by atoms with Crippen molar-refractivity contribution in [2.75, 3.05) is 16.2 Å². The average molecular weight is 370 g/mol. The molecular weight excluding hydrogens is 352 g/mol. The van der Waals surface area contributed by atoms with Gasteiger partial charge in [-0.3, -0.25) is 14.6 Å². The molecule has 0 aliphatic carbocycles. The zero-order valence-electron chi connectivity index (χ0n) is 14.2. The van der Waals surface area contributed by atoms with Gasteiger partial charge in [0.25, 0.3) is 10.0 Å². The van der Waals surface area contributed by atoms with Crippen LogP contribution in [0.5, 0.6) is 0 Å². The monoisotopic (exact) mass is 370 g/mol. The number of hydrogen-bond acceptors (Lipinski definition) is 4. The van der Waals surface area contributed by atoms with Gasteiger partial charge in [0.1, 0.15) is 0 Å². The number of aryl methyl sites for hydroxylation is 1. The Morgan fingerprint density at radius 1 is 1.27 bits per heavy atom. The minimum Gasteiger partial charge on any atom is -0.312 e. The van der Waals surface area contributed by atoms with E-state index >= 15 is 0 Å². The molecule has 1 amide bonds. The molecule has 0 unspecified atom stereocenters. The van der Waals surface area contributed by atoms with Crippen molar-refractivity contribution in [1.82, 2.24) is 10.2 Å². The van der Waals surface area contributed by atoms with Crippen molar-refractivity contribution in [3.63, 3.8) is 0 Å². The van der Waals surface area contributed by atoms with Crippen LogP contribution in [0.2, 0.25) is 0 Å². The van der Waals surface area contributed by atoms with E-state index in [9.17, 15) is 13.2 Å². The smallest absolute Gasteiger partial charge is 0.261 e. The first-order valence-electron chi connectivity index (χ1n) is 8.32. The number of benzene rings is 2. The second-order valence-corrected chi connectivity index (χ2v) is 7.99.